The Hall–Kier alpha value is -2.52. The Morgan fingerprint density at radius 3 is 2.77 bits per heavy atom. The maximum absolute atomic E-state index is 11.7. The molecule has 0 atom stereocenters. The minimum absolute atomic E-state index is 0.173. The van der Waals surface area contributed by atoms with Gasteiger partial charge in [0.05, 0.1) is 37.0 Å². The van der Waals surface area contributed by atoms with Crippen molar-refractivity contribution in [3.05, 3.63) is 33.7 Å². The number of amides is 1. The second kappa shape index (κ2) is 9.25. The summed E-state index contributed by atoms with van der Waals surface area (Å²) in [4.78, 5) is 23.1. The van der Waals surface area contributed by atoms with Crippen molar-refractivity contribution in [2.24, 2.45) is 10.2 Å². The van der Waals surface area contributed by atoms with E-state index in [2.05, 4.69) is 20.3 Å². The van der Waals surface area contributed by atoms with Gasteiger partial charge in [-0.25, -0.2) is 4.79 Å². The number of amidine groups is 1. The predicted octanol–water partition coefficient (Wildman–Crippen LogP) is 2.36. The molecule has 10 heteroatoms. The molecule has 26 heavy (non-hydrogen) atoms. The number of carbonyl (C=O) groups excluding carboxylic acids is 2. The van der Waals surface area contributed by atoms with Crippen LogP contribution in [0.3, 0.4) is 0 Å². The SMILES string of the molecule is CCOc1cc(C=N/N=C2/NC(=O)/C(=C\C(=O)OC)S2)c(Cl)cc1OC. The van der Waals surface area contributed by atoms with Crippen LogP contribution in [0.15, 0.2) is 33.3 Å². The fraction of sp³-hybridized carbons (Fsp3) is 0.250. The van der Waals surface area contributed by atoms with Crippen molar-refractivity contribution in [2.75, 3.05) is 20.8 Å². The maximum Gasteiger partial charge on any atom is 0.331 e. The lowest BCUT2D eigenvalue weighted by atomic mass is 10.2. The van der Waals surface area contributed by atoms with E-state index in [0.717, 1.165) is 17.8 Å². The van der Waals surface area contributed by atoms with Crippen LogP contribution in [0.2, 0.25) is 5.02 Å². The van der Waals surface area contributed by atoms with Crippen molar-refractivity contribution in [1.29, 1.82) is 0 Å². The molecule has 1 saturated heterocycles. The van der Waals surface area contributed by atoms with Gasteiger partial charge in [0.15, 0.2) is 16.7 Å². The molecule has 1 aliphatic heterocycles. The zero-order chi connectivity index (χ0) is 19.1. The van der Waals surface area contributed by atoms with Crippen LogP contribution in [-0.4, -0.2) is 44.1 Å². The minimum atomic E-state index is -0.624. The fourth-order valence-corrected chi connectivity index (χ4v) is 2.80. The number of halogens is 1. The Balaban J connectivity index is 2.17. The molecule has 2 rings (SSSR count). The number of benzene rings is 1. The van der Waals surface area contributed by atoms with E-state index in [1.165, 1.54) is 20.4 Å². The Morgan fingerprint density at radius 2 is 2.12 bits per heavy atom. The van der Waals surface area contributed by atoms with Crippen molar-refractivity contribution in [1.82, 2.24) is 5.32 Å². The molecule has 0 aromatic heterocycles. The third kappa shape index (κ3) is 4.99. The molecule has 1 amide bonds. The van der Waals surface area contributed by atoms with Gasteiger partial charge < -0.3 is 14.2 Å². The Labute approximate surface area is 159 Å². The summed E-state index contributed by atoms with van der Waals surface area (Å²) in [6.07, 6.45) is 2.51. The summed E-state index contributed by atoms with van der Waals surface area (Å²) in [7, 11) is 2.75. The summed E-state index contributed by atoms with van der Waals surface area (Å²) in [6.45, 7) is 2.32. The average molecular weight is 398 g/mol. The molecule has 0 radical (unpaired) electrons. The molecule has 138 valence electrons. The smallest absolute Gasteiger partial charge is 0.331 e. The lowest BCUT2D eigenvalue weighted by Crippen LogP contribution is -2.19. The van der Waals surface area contributed by atoms with Gasteiger partial charge in [-0.05, 0) is 24.8 Å². The van der Waals surface area contributed by atoms with E-state index in [4.69, 9.17) is 21.1 Å². The Kier molecular flexibility index (Phi) is 7.05. The first-order valence-corrected chi connectivity index (χ1v) is 8.58. The lowest BCUT2D eigenvalue weighted by Gasteiger charge is -2.10. The molecule has 1 aromatic rings. The number of nitrogens with one attached hydrogen (secondary N) is 1. The third-order valence-electron chi connectivity index (χ3n) is 3.03. The van der Waals surface area contributed by atoms with Crippen LogP contribution in [0.5, 0.6) is 11.5 Å². The Bertz CT molecular complexity index is 807. The van der Waals surface area contributed by atoms with Gasteiger partial charge in [0, 0.05) is 17.7 Å². The van der Waals surface area contributed by atoms with Crippen LogP contribution in [0.4, 0.5) is 0 Å². The summed E-state index contributed by atoms with van der Waals surface area (Å²) >= 11 is 7.16. The number of hydrogen-bond donors (Lipinski definition) is 1. The zero-order valence-electron chi connectivity index (χ0n) is 14.2. The first-order chi connectivity index (χ1) is 12.5. The second-order valence-corrected chi connectivity index (χ2v) is 6.13. The van der Waals surface area contributed by atoms with E-state index in [0.29, 0.717) is 28.7 Å². The van der Waals surface area contributed by atoms with E-state index < -0.39 is 11.9 Å². The summed E-state index contributed by atoms with van der Waals surface area (Å²) in [6, 6.07) is 3.29. The minimum Gasteiger partial charge on any atom is -0.493 e. The topological polar surface area (TPSA) is 98.6 Å². The van der Waals surface area contributed by atoms with Gasteiger partial charge in [-0.1, -0.05) is 11.6 Å². The van der Waals surface area contributed by atoms with Crippen LogP contribution >= 0.6 is 23.4 Å². The number of ether oxygens (including phenoxy) is 3. The van der Waals surface area contributed by atoms with Crippen molar-refractivity contribution in [3.63, 3.8) is 0 Å². The molecule has 8 nitrogen and oxygen atoms in total. The Morgan fingerprint density at radius 1 is 1.35 bits per heavy atom. The van der Waals surface area contributed by atoms with Crippen molar-refractivity contribution >= 4 is 46.6 Å². The van der Waals surface area contributed by atoms with Crippen LogP contribution in [-0.2, 0) is 14.3 Å². The molecule has 1 N–H and O–H groups in total. The zero-order valence-corrected chi connectivity index (χ0v) is 15.8. The highest BCUT2D eigenvalue weighted by Gasteiger charge is 2.25. The molecular formula is C16H16ClN3O5S. The van der Waals surface area contributed by atoms with Crippen LogP contribution in [0.1, 0.15) is 12.5 Å². The number of thioether (sulfide) groups is 1. The van der Waals surface area contributed by atoms with Gasteiger partial charge in [-0.15, -0.1) is 5.10 Å². The summed E-state index contributed by atoms with van der Waals surface area (Å²) < 4.78 is 15.2. The average Bonchev–Trinajstić information content (AvgIpc) is 2.96. The van der Waals surface area contributed by atoms with Crippen molar-refractivity contribution in [2.45, 2.75) is 6.92 Å². The number of nitrogens with zero attached hydrogens (tertiary/aromatic N) is 2. The van der Waals surface area contributed by atoms with E-state index in [-0.39, 0.29) is 10.1 Å². The highest BCUT2D eigenvalue weighted by Crippen LogP contribution is 2.32. The first-order valence-electron chi connectivity index (χ1n) is 7.38. The molecule has 1 aliphatic rings. The molecule has 1 aromatic carbocycles. The normalized spacial score (nSPS) is 17.0. The molecule has 0 unspecified atom stereocenters. The summed E-state index contributed by atoms with van der Waals surface area (Å²) in [5.74, 6) is -0.0341. The quantitative estimate of drug-likeness (QED) is 0.342. The molecule has 1 heterocycles. The number of hydrogen-bond acceptors (Lipinski definition) is 8. The molecule has 0 aliphatic carbocycles. The van der Waals surface area contributed by atoms with Crippen LogP contribution in [0.25, 0.3) is 0 Å². The largest absolute Gasteiger partial charge is 0.493 e. The van der Waals surface area contributed by atoms with Crippen molar-refractivity contribution in [3.8, 4) is 11.5 Å². The molecule has 1 fully saturated rings. The number of methoxy groups -OCH3 is 2. The van der Waals surface area contributed by atoms with E-state index in [1.807, 2.05) is 6.92 Å². The third-order valence-corrected chi connectivity index (χ3v) is 4.26. The fourth-order valence-electron chi connectivity index (χ4n) is 1.86. The van der Waals surface area contributed by atoms with Crippen molar-refractivity contribution < 1.29 is 23.8 Å². The lowest BCUT2D eigenvalue weighted by molar-refractivity contribution is -0.135. The van der Waals surface area contributed by atoms with Gasteiger partial charge in [0.1, 0.15) is 0 Å². The van der Waals surface area contributed by atoms with E-state index in [1.54, 1.807) is 12.1 Å². The van der Waals surface area contributed by atoms with Gasteiger partial charge >= 0.3 is 5.97 Å². The highest BCUT2D eigenvalue weighted by molar-refractivity contribution is 8.18. The highest BCUT2D eigenvalue weighted by atomic mass is 35.5. The number of rotatable bonds is 6. The molecule has 0 saturated carbocycles. The van der Waals surface area contributed by atoms with E-state index >= 15 is 0 Å². The molecular weight excluding hydrogens is 382 g/mol. The van der Waals surface area contributed by atoms with Gasteiger partial charge in [-0.2, -0.15) is 5.10 Å². The number of esters is 1. The molecule has 0 spiro atoms. The standard InChI is InChI=1S/C16H16ClN3O5S/c1-4-25-12-5-9(10(17)6-11(12)23-2)8-18-20-16-19-15(22)13(26-16)7-14(21)24-3/h5-8H,4H2,1-3H3,(H,19,20,22)/b13-7+,18-8?. The van der Waals surface area contributed by atoms with E-state index in [9.17, 15) is 9.59 Å². The van der Waals surface area contributed by atoms with Crippen LogP contribution in [0, 0.1) is 0 Å². The summed E-state index contributed by atoms with van der Waals surface area (Å²) in [5, 5.41) is 10.9. The molecule has 0 bridgehead atoms. The monoisotopic (exact) mass is 397 g/mol. The second-order valence-electron chi connectivity index (χ2n) is 4.70. The number of carbonyl (C=O) groups is 2. The predicted molar refractivity (Wildman–Crippen MR) is 100 cm³/mol. The first kappa shape index (κ1) is 19.8. The van der Waals surface area contributed by atoms with Gasteiger partial charge in [-0.3, -0.25) is 10.1 Å². The summed E-state index contributed by atoms with van der Waals surface area (Å²) in [5.41, 5.74) is 0.569. The van der Waals surface area contributed by atoms with Crippen LogP contribution < -0.4 is 14.8 Å². The van der Waals surface area contributed by atoms with Gasteiger partial charge in [0.2, 0.25) is 0 Å². The van der Waals surface area contributed by atoms with Gasteiger partial charge in [0.25, 0.3) is 5.91 Å². The maximum atomic E-state index is 11.7.